The first-order chi connectivity index (χ1) is 26.0. The summed E-state index contributed by atoms with van der Waals surface area (Å²) in [6, 6.07) is 8.43. The standard InChI is InChI=1S/C38H70O14S/c1-2-3-4-5-6-7-8-10-37-11-13-38(14-12-37)52-35-34-51-33-32-50-31-30-49-29-28-48-27-26-47-25-24-46-23-22-45-21-20-44-19-18-43-17-16-42-15-9-36-53(39,40)41/h11-14H,2-10,15-36H2,1H3,(H,39,40,41). The van der Waals surface area contributed by atoms with Crippen molar-refractivity contribution in [1.82, 2.24) is 0 Å². The Morgan fingerprint density at radius 2 is 0.736 bits per heavy atom. The van der Waals surface area contributed by atoms with Crippen molar-refractivity contribution in [1.29, 1.82) is 0 Å². The third kappa shape index (κ3) is 38.6. The maximum Gasteiger partial charge on any atom is 0.264 e. The van der Waals surface area contributed by atoms with Gasteiger partial charge in [-0.3, -0.25) is 4.55 Å². The SMILES string of the molecule is CCCCCCCCCc1ccc(OCCOCCOCCOCCOCCOCCOCCOCCOCCOCCOCCCS(=O)(=O)O)cc1. The van der Waals surface area contributed by atoms with E-state index >= 15 is 0 Å². The number of benzene rings is 1. The molecular formula is C38H70O14S. The highest BCUT2D eigenvalue weighted by molar-refractivity contribution is 7.85. The van der Waals surface area contributed by atoms with Crippen LogP contribution in [0.2, 0.25) is 0 Å². The Morgan fingerprint density at radius 3 is 1.09 bits per heavy atom. The summed E-state index contributed by atoms with van der Waals surface area (Å²) in [5, 5.41) is 0. The van der Waals surface area contributed by atoms with Crippen LogP contribution in [0.4, 0.5) is 0 Å². The molecule has 0 saturated carbocycles. The minimum absolute atomic E-state index is 0.248. The van der Waals surface area contributed by atoms with Crippen LogP contribution in [0.25, 0.3) is 0 Å². The zero-order valence-electron chi connectivity index (χ0n) is 32.4. The molecular weight excluding hydrogens is 712 g/mol. The van der Waals surface area contributed by atoms with Gasteiger partial charge in [0, 0.05) is 6.61 Å². The van der Waals surface area contributed by atoms with Gasteiger partial charge in [-0.05, 0) is 37.0 Å². The highest BCUT2D eigenvalue weighted by atomic mass is 32.2. The highest BCUT2D eigenvalue weighted by Crippen LogP contribution is 2.15. The Balaban J connectivity index is 1.69. The maximum absolute atomic E-state index is 10.6. The van der Waals surface area contributed by atoms with Crippen LogP contribution in [-0.2, 0) is 63.9 Å². The van der Waals surface area contributed by atoms with E-state index in [2.05, 4.69) is 19.1 Å². The minimum atomic E-state index is -3.93. The van der Waals surface area contributed by atoms with Crippen molar-refractivity contribution in [2.24, 2.45) is 0 Å². The molecule has 0 amide bonds. The van der Waals surface area contributed by atoms with Crippen LogP contribution in [0.5, 0.6) is 5.75 Å². The van der Waals surface area contributed by atoms with Gasteiger partial charge in [0.2, 0.25) is 0 Å². The average molecular weight is 783 g/mol. The van der Waals surface area contributed by atoms with E-state index in [1.54, 1.807) is 0 Å². The molecule has 0 spiro atoms. The Labute approximate surface area is 319 Å². The second-order valence-corrected chi connectivity index (χ2v) is 13.7. The fourth-order valence-electron chi connectivity index (χ4n) is 4.68. The molecule has 14 nitrogen and oxygen atoms in total. The van der Waals surface area contributed by atoms with Gasteiger partial charge in [-0.2, -0.15) is 8.42 Å². The Kier molecular flexibility index (Phi) is 36.3. The van der Waals surface area contributed by atoms with Crippen LogP contribution in [0.3, 0.4) is 0 Å². The molecule has 0 unspecified atom stereocenters. The molecule has 15 heteroatoms. The van der Waals surface area contributed by atoms with Gasteiger partial charge in [0.25, 0.3) is 10.1 Å². The van der Waals surface area contributed by atoms with Crippen molar-refractivity contribution in [3.63, 3.8) is 0 Å². The van der Waals surface area contributed by atoms with E-state index in [9.17, 15) is 8.42 Å². The summed E-state index contributed by atoms with van der Waals surface area (Å²) < 4.78 is 90.1. The summed E-state index contributed by atoms with van der Waals surface area (Å²) in [5.41, 5.74) is 1.37. The van der Waals surface area contributed by atoms with Gasteiger partial charge in [-0.1, -0.05) is 57.6 Å². The molecule has 0 radical (unpaired) electrons. The fourth-order valence-corrected chi connectivity index (χ4v) is 5.16. The molecule has 1 rings (SSSR count). The number of aryl methyl sites for hydroxylation is 1. The first-order valence-corrected chi connectivity index (χ1v) is 21.1. The van der Waals surface area contributed by atoms with E-state index in [0.717, 1.165) is 12.2 Å². The van der Waals surface area contributed by atoms with Crippen molar-refractivity contribution in [2.75, 3.05) is 144 Å². The molecule has 0 atom stereocenters. The van der Waals surface area contributed by atoms with Crippen LogP contribution >= 0.6 is 0 Å². The van der Waals surface area contributed by atoms with E-state index in [0.29, 0.717) is 132 Å². The normalized spacial score (nSPS) is 11.8. The molecule has 0 aliphatic heterocycles. The fraction of sp³-hybridized carbons (Fsp3) is 0.842. The van der Waals surface area contributed by atoms with Crippen LogP contribution in [0, 0.1) is 0 Å². The lowest BCUT2D eigenvalue weighted by Crippen LogP contribution is -2.15. The minimum Gasteiger partial charge on any atom is -0.491 e. The van der Waals surface area contributed by atoms with Crippen molar-refractivity contribution in [2.45, 2.75) is 64.7 Å². The molecule has 1 aromatic carbocycles. The number of rotatable bonds is 43. The molecule has 0 aliphatic rings. The number of unbranched alkanes of at least 4 members (excludes halogenated alkanes) is 6. The number of hydrogen-bond donors (Lipinski definition) is 1. The van der Waals surface area contributed by atoms with Crippen LogP contribution in [-0.4, -0.2) is 157 Å². The zero-order chi connectivity index (χ0) is 38.2. The predicted octanol–water partition coefficient (Wildman–Crippen LogP) is 4.80. The molecule has 1 N–H and O–H groups in total. The Bertz CT molecular complexity index is 984. The van der Waals surface area contributed by atoms with Gasteiger partial charge >= 0.3 is 0 Å². The molecule has 53 heavy (non-hydrogen) atoms. The lowest BCUT2D eigenvalue weighted by Gasteiger charge is -2.09. The zero-order valence-corrected chi connectivity index (χ0v) is 33.2. The molecule has 0 saturated heterocycles. The first kappa shape index (κ1) is 49.5. The monoisotopic (exact) mass is 782 g/mol. The largest absolute Gasteiger partial charge is 0.491 e. The summed E-state index contributed by atoms with van der Waals surface area (Å²) in [5.74, 6) is 0.576. The van der Waals surface area contributed by atoms with Crippen LogP contribution < -0.4 is 4.74 Å². The van der Waals surface area contributed by atoms with E-state index in [4.69, 9.17) is 56.7 Å². The summed E-state index contributed by atoms with van der Waals surface area (Å²) in [4.78, 5) is 0. The van der Waals surface area contributed by atoms with Gasteiger partial charge < -0.3 is 52.1 Å². The number of hydrogen-bond acceptors (Lipinski definition) is 13. The van der Waals surface area contributed by atoms with Gasteiger partial charge in [-0.25, -0.2) is 0 Å². The van der Waals surface area contributed by atoms with E-state index in [-0.39, 0.29) is 18.8 Å². The summed E-state index contributed by atoms with van der Waals surface area (Å²) in [7, 11) is -3.93. The van der Waals surface area contributed by atoms with E-state index in [1.165, 1.54) is 50.5 Å². The number of ether oxygens (including phenoxy) is 11. The van der Waals surface area contributed by atoms with Crippen molar-refractivity contribution in [3.8, 4) is 5.75 Å². The highest BCUT2D eigenvalue weighted by Gasteiger charge is 2.03. The van der Waals surface area contributed by atoms with E-state index in [1.807, 2.05) is 12.1 Å². The van der Waals surface area contributed by atoms with Crippen LogP contribution in [0.1, 0.15) is 63.9 Å². The lowest BCUT2D eigenvalue weighted by atomic mass is 10.0. The Hall–Kier alpha value is -1.47. The maximum atomic E-state index is 10.6. The third-order valence-corrected chi connectivity index (χ3v) is 8.33. The second-order valence-electron chi connectivity index (χ2n) is 12.1. The van der Waals surface area contributed by atoms with Crippen molar-refractivity contribution >= 4 is 10.1 Å². The summed E-state index contributed by atoms with van der Waals surface area (Å²) in [6.45, 7) is 12.0. The molecule has 0 heterocycles. The van der Waals surface area contributed by atoms with Crippen LogP contribution in [0.15, 0.2) is 24.3 Å². The molecule has 0 bridgehead atoms. The first-order valence-electron chi connectivity index (χ1n) is 19.5. The molecule has 312 valence electrons. The summed E-state index contributed by atoms with van der Waals surface area (Å²) in [6.07, 6.45) is 10.7. The predicted molar refractivity (Wildman–Crippen MR) is 203 cm³/mol. The van der Waals surface area contributed by atoms with E-state index < -0.39 is 10.1 Å². The molecule has 1 aromatic rings. The van der Waals surface area contributed by atoms with Gasteiger partial charge in [0.05, 0.1) is 131 Å². The van der Waals surface area contributed by atoms with Gasteiger partial charge in [-0.15, -0.1) is 0 Å². The molecule has 0 aliphatic carbocycles. The summed E-state index contributed by atoms with van der Waals surface area (Å²) >= 11 is 0. The van der Waals surface area contributed by atoms with Gasteiger partial charge in [0.1, 0.15) is 12.4 Å². The topological polar surface area (TPSA) is 156 Å². The third-order valence-electron chi connectivity index (χ3n) is 7.53. The quantitative estimate of drug-likeness (QED) is 0.0712. The lowest BCUT2D eigenvalue weighted by molar-refractivity contribution is -0.0267. The second kappa shape index (κ2) is 38.8. The van der Waals surface area contributed by atoms with Crippen molar-refractivity contribution in [3.05, 3.63) is 29.8 Å². The molecule has 0 aromatic heterocycles. The Morgan fingerprint density at radius 1 is 0.415 bits per heavy atom. The van der Waals surface area contributed by atoms with Crippen molar-refractivity contribution < 1.29 is 65.1 Å². The average Bonchev–Trinajstić information content (AvgIpc) is 3.14. The molecule has 0 fully saturated rings. The van der Waals surface area contributed by atoms with Gasteiger partial charge in [0.15, 0.2) is 0 Å². The smallest absolute Gasteiger partial charge is 0.264 e.